The van der Waals surface area contributed by atoms with Crippen LogP contribution in [0.25, 0.3) is 11.1 Å². The van der Waals surface area contributed by atoms with Crippen LogP contribution in [0.3, 0.4) is 0 Å². The molecule has 0 unspecified atom stereocenters. The molecule has 1 aliphatic heterocycles. The van der Waals surface area contributed by atoms with E-state index >= 15 is 0 Å². The van der Waals surface area contributed by atoms with Crippen molar-refractivity contribution in [1.29, 1.82) is 5.26 Å². The lowest BCUT2D eigenvalue weighted by atomic mass is 9.86. The van der Waals surface area contributed by atoms with Crippen LogP contribution in [0.4, 0.5) is 4.39 Å². The summed E-state index contributed by atoms with van der Waals surface area (Å²) in [6, 6.07) is 22.1. The SMILES string of the molecule is Cc1ccc(-c2ccc([C@@]3(O)C[C@H](c4ccc(C#N)cc4F)n4cncc43)cc2)cc1. The van der Waals surface area contributed by atoms with E-state index in [1.54, 1.807) is 24.7 Å². The van der Waals surface area contributed by atoms with Gasteiger partial charge < -0.3 is 9.67 Å². The molecule has 0 saturated carbocycles. The molecule has 1 aromatic heterocycles. The van der Waals surface area contributed by atoms with Crippen molar-refractivity contribution in [1.82, 2.24) is 9.55 Å². The molecule has 0 amide bonds. The lowest BCUT2D eigenvalue weighted by Gasteiger charge is -2.23. The van der Waals surface area contributed by atoms with Crippen LogP contribution >= 0.6 is 0 Å². The number of hydrogen-bond donors (Lipinski definition) is 1. The zero-order valence-corrected chi connectivity index (χ0v) is 17.0. The third-order valence-corrected chi connectivity index (χ3v) is 6.15. The van der Waals surface area contributed by atoms with Gasteiger partial charge in [-0.3, -0.25) is 0 Å². The molecule has 1 aliphatic rings. The van der Waals surface area contributed by atoms with Crippen LogP contribution in [0, 0.1) is 24.1 Å². The van der Waals surface area contributed by atoms with Gasteiger partial charge in [0.15, 0.2) is 0 Å². The Hall–Kier alpha value is -3.75. The van der Waals surface area contributed by atoms with Gasteiger partial charge in [0.25, 0.3) is 0 Å². The summed E-state index contributed by atoms with van der Waals surface area (Å²) >= 11 is 0. The number of aromatic nitrogens is 2. The predicted octanol–water partition coefficient (Wildman–Crippen LogP) is 5.10. The average Bonchev–Trinajstić information content (AvgIpc) is 3.38. The fraction of sp³-hybridized carbons (Fsp3) is 0.154. The fourth-order valence-corrected chi connectivity index (χ4v) is 4.43. The van der Waals surface area contributed by atoms with Gasteiger partial charge in [0.2, 0.25) is 0 Å². The number of aryl methyl sites for hydroxylation is 1. The van der Waals surface area contributed by atoms with E-state index in [0.29, 0.717) is 11.3 Å². The Bertz CT molecular complexity index is 1300. The molecular weight excluding hydrogens is 389 g/mol. The summed E-state index contributed by atoms with van der Waals surface area (Å²) in [6.07, 6.45) is 3.54. The van der Waals surface area contributed by atoms with Gasteiger partial charge in [-0.05, 0) is 35.7 Å². The number of benzene rings is 3. The van der Waals surface area contributed by atoms with Crippen molar-refractivity contribution in [3.8, 4) is 17.2 Å². The van der Waals surface area contributed by atoms with Crippen LogP contribution in [0.15, 0.2) is 79.3 Å². The summed E-state index contributed by atoms with van der Waals surface area (Å²) in [7, 11) is 0. The number of fused-ring (bicyclic) bond motifs is 1. The highest BCUT2D eigenvalue weighted by Gasteiger charge is 2.45. The second-order valence-electron chi connectivity index (χ2n) is 8.06. The number of nitriles is 1. The summed E-state index contributed by atoms with van der Waals surface area (Å²) < 4.78 is 16.6. The Morgan fingerprint density at radius 2 is 1.74 bits per heavy atom. The minimum absolute atomic E-state index is 0.270. The van der Waals surface area contributed by atoms with E-state index in [2.05, 4.69) is 36.2 Å². The maximum atomic E-state index is 14.7. The summed E-state index contributed by atoms with van der Waals surface area (Å²) in [5.74, 6) is -0.456. The van der Waals surface area contributed by atoms with Crippen LogP contribution in [-0.4, -0.2) is 14.7 Å². The first-order valence-electron chi connectivity index (χ1n) is 10.1. The molecule has 0 bridgehead atoms. The maximum absolute atomic E-state index is 14.7. The summed E-state index contributed by atoms with van der Waals surface area (Å²) in [6.45, 7) is 2.05. The van der Waals surface area contributed by atoms with Crippen molar-refractivity contribution < 1.29 is 9.50 Å². The molecule has 152 valence electrons. The summed E-state index contributed by atoms with van der Waals surface area (Å²) in [5.41, 5.74) is 4.16. The number of rotatable bonds is 3. The molecule has 2 heterocycles. The molecule has 0 aliphatic carbocycles. The quantitative estimate of drug-likeness (QED) is 0.512. The first-order valence-corrected chi connectivity index (χ1v) is 10.1. The van der Waals surface area contributed by atoms with Gasteiger partial charge in [-0.25, -0.2) is 9.37 Å². The molecule has 0 fully saturated rings. The molecule has 2 atom stereocenters. The molecule has 5 heteroatoms. The van der Waals surface area contributed by atoms with Crippen LogP contribution in [0.1, 0.15) is 40.4 Å². The van der Waals surface area contributed by atoms with Crippen molar-refractivity contribution in [2.24, 2.45) is 0 Å². The monoisotopic (exact) mass is 409 g/mol. The van der Waals surface area contributed by atoms with Crippen LogP contribution in [0.2, 0.25) is 0 Å². The van der Waals surface area contributed by atoms with Gasteiger partial charge in [-0.1, -0.05) is 60.2 Å². The molecule has 3 aromatic carbocycles. The van der Waals surface area contributed by atoms with E-state index in [4.69, 9.17) is 5.26 Å². The van der Waals surface area contributed by atoms with Gasteiger partial charge in [0.1, 0.15) is 11.4 Å². The first-order chi connectivity index (χ1) is 15.0. The standard InChI is InChI=1S/C26H20FN3O/c1-17-2-5-19(6-3-17)20-7-9-21(10-8-20)26(31)13-24(30-16-29-15-25(26)30)22-11-4-18(14-28)12-23(22)27/h2-12,15-16,24,31H,13H2,1H3/t24-,26+/m1/s1. The molecule has 31 heavy (non-hydrogen) atoms. The minimum atomic E-state index is -1.28. The molecule has 4 nitrogen and oxygen atoms in total. The summed E-state index contributed by atoms with van der Waals surface area (Å²) in [5, 5.41) is 20.7. The highest BCUT2D eigenvalue weighted by atomic mass is 19.1. The van der Waals surface area contributed by atoms with E-state index in [-0.39, 0.29) is 12.0 Å². The Balaban J connectivity index is 1.52. The maximum Gasteiger partial charge on any atom is 0.133 e. The third-order valence-electron chi connectivity index (χ3n) is 6.15. The van der Waals surface area contributed by atoms with Crippen LogP contribution in [-0.2, 0) is 5.60 Å². The van der Waals surface area contributed by atoms with E-state index in [9.17, 15) is 9.50 Å². The molecule has 0 spiro atoms. The zero-order valence-electron chi connectivity index (χ0n) is 17.0. The second kappa shape index (κ2) is 7.19. The zero-order chi connectivity index (χ0) is 21.6. The molecular formula is C26H20FN3O. The molecule has 0 saturated heterocycles. The first kappa shape index (κ1) is 19.2. The Morgan fingerprint density at radius 3 is 2.39 bits per heavy atom. The van der Waals surface area contributed by atoms with Gasteiger partial charge in [0.05, 0.1) is 35.9 Å². The van der Waals surface area contributed by atoms with Gasteiger partial charge >= 0.3 is 0 Å². The van der Waals surface area contributed by atoms with E-state index in [1.807, 2.05) is 34.9 Å². The lowest BCUT2D eigenvalue weighted by Crippen LogP contribution is -2.24. The molecule has 1 N–H and O–H groups in total. The third kappa shape index (κ3) is 3.13. The smallest absolute Gasteiger partial charge is 0.133 e. The second-order valence-corrected chi connectivity index (χ2v) is 8.06. The Kier molecular flexibility index (Phi) is 4.46. The van der Waals surface area contributed by atoms with Crippen molar-refractivity contribution in [3.05, 3.63) is 113 Å². The van der Waals surface area contributed by atoms with Crippen LogP contribution in [0.5, 0.6) is 0 Å². The number of hydrogen-bond acceptors (Lipinski definition) is 3. The van der Waals surface area contributed by atoms with Gasteiger partial charge in [-0.15, -0.1) is 0 Å². The number of halogens is 1. The highest BCUT2D eigenvalue weighted by molar-refractivity contribution is 5.64. The van der Waals surface area contributed by atoms with E-state index < -0.39 is 17.5 Å². The Labute approximate surface area is 179 Å². The number of aliphatic hydroxyl groups is 1. The molecule has 5 rings (SSSR count). The van der Waals surface area contributed by atoms with E-state index in [0.717, 1.165) is 16.7 Å². The lowest BCUT2D eigenvalue weighted by molar-refractivity contribution is 0.0792. The van der Waals surface area contributed by atoms with E-state index in [1.165, 1.54) is 11.6 Å². The highest BCUT2D eigenvalue weighted by Crippen LogP contribution is 2.47. The molecule has 4 aromatic rings. The van der Waals surface area contributed by atoms with Crippen molar-refractivity contribution in [3.63, 3.8) is 0 Å². The topological polar surface area (TPSA) is 61.8 Å². The molecule has 0 radical (unpaired) electrons. The largest absolute Gasteiger partial charge is 0.379 e. The average molecular weight is 409 g/mol. The van der Waals surface area contributed by atoms with Crippen molar-refractivity contribution in [2.45, 2.75) is 25.0 Å². The normalized spacial score (nSPS) is 19.7. The summed E-state index contributed by atoms with van der Waals surface area (Å²) in [4.78, 5) is 4.21. The van der Waals surface area contributed by atoms with Gasteiger partial charge in [-0.2, -0.15) is 5.26 Å². The van der Waals surface area contributed by atoms with Crippen molar-refractivity contribution in [2.75, 3.05) is 0 Å². The van der Waals surface area contributed by atoms with Gasteiger partial charge in [0, 0.05) is 12.0 Å². The fourth-order valence-electron chi connectivity index (χ4n) is 4.43. The number of imidazole rings is 1. The predicted molar refractivity (Wildman–Crippen MR) is 116 cm³/mol. The Morgan fingerprint density at radius 1 is 1.06 bits per heavy atom. The van der Waals surface area contributed by atoms with Crippen LogP contribution < -0.4 is 0 Å². The minimum Gasteiger partial charge on any atom is -0.379 e. The number of nitrogens with zero attached hydrogens (tertiary/aromatic N) is 3. The van der Waals surface area contributed by atoms with Crippen molar-refractivity contribution >= 4 is 0 Å².